The highest BCUT2D eigenvalue weighted by Crippen LogP contribution is 2.29. The Kier molecular flexibility index (Phi) is 3.91. The van der Waals surface area contributed by atoms with Crippen LogP contribution in [0.3, 0.4) is 0 Å². The summed E-state index contributed by atoms with van der Waals surface area (Å²) in [4.78, 5) is 0. The highest BCUT2D eigenvalue weighted by Gasteiger charge is 2.18. The van der Waals surface area contributed by atoms with Gasteiger partial charge in [-0.1, -0.05) is 35.9 Å². The molecule has 0 bridgehead atoms. The fourth-order valence-corrected chi connectivity index (χ4v) is 2.07. The number of hydrogen-bond acceptors (Lipinski definition) is 2. The lowest BCUT2D eigenvalue weighted by molar-refractivity contribution is 0.559. The summed E-state index contributed by atoms with van der Waals surface area (Å²) in [5, 5.41) is 0.196. The zero-order valence-corrected chi connectivity index (χ0v) is 10.1. The van der Waals surface area contributed by atoms with Crippen molar-refractivity contribution in [3.8, 4) is 0 Å². The van der Waals surface area contributed by atoms with E-state index in [9.17, 15) is 8.78 Å². The molecule has 2 rings (SSSR count). The molecule has 0 spiro atoms. The van der Waals surface area contributed by atoms with Crippen LogP contribution >= 0.6 is 11.6 Å². The number of nitrogens with two attached hydrogens (primary N) is 1. The van der Waals surface area contributed by atoms with Gasteiger partial charge >= 0.3 is 0 Å². The Morgan fingerprint density at radius 2 is 1.78 bits per heavy atom. The minimum atomic E-state index is -0.626. The topological polar surface area (TPSA) is 38.0 Å². The summed E-state index contributed by atoms with van der Waals surface area (Å²) < 4.78 is 26.7. The van der Waals surface area contributed by atoms with Gasteiger partial charge in [-0.25, -0.2) is 14.2 Å². The number of hydrazine groups is 1. The molecular weight excluding hydrogens is 258 g/mol. The molecule has 0 aliphatic rings. The van der Waals surface area contributed by atoms with Crippen molar-refractivity contribution >= 4 is 11.6 Å². The SMILES string of the molecule is NNC(c1ccccc1F)c1ccc(F)cc1Cl. The predicted molar refractivity (Wildman–Crippen MR) is 67.0 cm³/mol. The molecular formula is C13H11ClF2N2. The molecule has 2 aromatic carbocycles. The molecule has 2 nitrogen and oxygen atoms in total. The molecule has 3 N–H and O–H groups in total. The number of hydrogen-bond donors (Lipinski definition) is 2. The molecule has 0 aliphatic carbocycles. The second-order valence-corrected chi connectivity index (χ2v) is 4.19. The molecule has 5 heteroatoms. The summed E-state index contributed by atoms with van der Waals surface area (Å²) in [5.41, 5.74) is 3.36. The molecule has 0 heterocycles. The number of rotatable bonds is 3. The van der Waals surface area contributed by atoms with E-state index in [1.807, 2.05) is 0 Å². The standard InChI is InChI=1S/C13H11ClF2N2/c14-11-7-8(15)5-6-9(11)13(18-17)10-3-1-2-4-12(10)16/h1-7,13,18H,17H2. The van der Waals surface area contributed by atoms with Gasteiger partial charge in [0.25, 0.3) is 0 Å². The Hall–Kier alpha value is -1.49. The summed E-state index contributed by atoms with van der Waals surface area (Å²) in [6.07, 6.45) is 0. The average Bonchev–Trinajstić information content (AvgIpc) is 2.34. The van der Waals surface area contributed by atoms with Gasteiger partial charge in [-0.05, 0) is 23.8 Å². The first-order valence-corrected chi connectivity index (χ1v) is 5.66. The highest BCUT2D eigenvalue weighted by molar-refractivity contribution is 6.31. The van der Waals surface area contributed by atoms with Crippen molar-refractivity contribution in [2.45, 2.75) is 6.04 Å². The van der Waals surface area contributed by atoms with Crippen LogP contribution in [0.15, 0.2) is 42.5 Å². The molecule has 0 aliphatic heterocycles. The van der Waals surface area contributed by atoms with Gasteiger partial charge in [0.1, 0.15) is 11.6 Å². The Morgan fingerprint density at radius 1 is 1.06 bits per heavy atom. The second kappa shape index (κ2) is 5.44. The summed E-state index contributed by atoms with van der Waals surface area (Å²) in [6.45, 7) is 0. The highest BCUT2D eigenvalue weighted by atomic mass is 35.5. The normalized spacial score (nSPS) is 12.4. The number of benzene rings is 2. The van der Waals surface area contributed by atoms with E-state index in [1.54, 1.807) is 18.2 Å². The predicted octanol–water partition coefficient (Wildman–Crippen LogP) is 3.17. The van der Waals surface area contributed by atoms with E-state index in [2.05, 4.69) is 5.43 Å². The Balaban J connectivity index is 2.49. The fraction of sp³-hybridized carbons (Fsp3) is 0.0769. The molecule has 94 valence electrons. The third-order valence-electron chi connectivity index (χ3n) is 2.66. The van der Waals surface area contributed by atoms with Crippen LogP contribution in [-0.2, 0) is 0 Å². The van der Waals surface area contributed by atoms with Gasteiger partial charge in [-0.15, -0.1) is 0 Å². The Labute approximate surface area is 108 Å². The molecule has 2 aromatic rings. The zero-order chi connectivity index (χ0) is 13.1. The van der Waals surface area contributed by atoms with Crippen LogP contribution < -0.4 is 11.3 Å². The van der Waals surface area contributed by atoms with Gasteiger partial charge in [-0.2, -0.15) is 0 Å². The van der Waals surface area contributed by atoms with E-state index in [1.165, 1.54) is 24.3 Å². The third-order valence-corrected chi connectivity index (χ3v) is 2.98. The molecule has 1 unspecified atom stereocenters. The molecule has 0 amide bonds. The van der Waals surface area contributed by atoms with Gasteiger partial charge in [0, 0.05) is 10.6 Å². The van der Waals surface area contributed by atoms with E-state index >= 15 is 0 Å². The summed E-state index contributed by atoms with van der Waals surface area (Å²) in [5.74, 6) is 4.59. The first-order chi connectivity index (χ1) is 8.63. The maximum atomic E-state index is 13.7. The number of nitrogens with one attached hydrogen (secondary N) is 1. The molecule has 18 heavy (non-hydrogen) atoms. The summed E-state index contributed by atoms with van der Waals surface area (Å²) in [7, 11) is 0. The Bertz CT molecular complexity index is 560. The van der Waals surface area contributed by atoms with Gasteiger partial charge in [0.2, 0.25) is 0 Å². The lowest BCUT2D eigenvalue weighted by Gasteiger charge is -2.18. The van der Waals surface area contributed by atoms with E-state index in [0.29, 0.717) is 11.1 Å². The summed E-state index contributed by atoms with van der Waals surface area (Å²) >= 11 is 5.95. The van der Waals surface area contributed by atoms with Crippen LogP contribution in [0.5, 0.6) is 0 Å². The average molecular weight is 269 g/mol. The first-order valence-electron chi connectivity index (χ1n) is 5.29. The molecule has 1 atom stereocenters. The molecule has 0 fully saturated rings. The van der Waals surface area contributed by atoms with Crippen molar-refractivity contribution in [3.05, 3.63) is 70.2 Å². The lowest BCUT2D eigenvalue weighted by atomic mass is 9.99. The van der Waals surface area contributed by atoms with Gasteiger partial charge in [0.05, 0.1) is 6.04 Å². The van der Waals surface area contributed by atoms with Crippen molar-refractivity contribution in [1.29, 1.82) is 0 Å². The van der Waals surface area contributed by atoms with Crippen molar-refractivity contribution < 1.29 is 8.78 Å². The molecule has 0 saturated heterocycles. The van der Waals surface area contributed by atoms with Crippen molar-refractivity contribution in [2.24, 2.45) is 5.84 Å². The van der Waals surface area contributed by atoms with Crippen LogP contribution in [0.25, 0.3) is 0 Å². The smallest absolute Gasteiger partial charge is 0.128 e. The Morgan fingerprint density at radius 3 is 2.39 bits per heavy atom. The van der Waals surface area contributed by atoms with Crippen molar-refractivity contribution in [1.82, 2.24) is 5.43 Å². The molecule has 0 radical (unpaired) electrons. The minimum absolute atomic E-state index is 0.196. The van der Waals surface area contributed by atoms with E-state index in [4.69, 9.17) is 17.4 Å². The van der Waals surface area contributed by atoms with Gasteiger partial charge in [0.15, 0.2) is 0 Å². The van der Waals surface area contributed by atoms with Crippen LogP contribution in [0, 0.1) is 11.6 Å². The fourth-order valence-electron chi connectivity index (χ4n) is 1.79. The van der Waals surface area contributed by atoms with Crippen LogP contribution in [-0.4, -0.2) is 0 Å². The largest absolute Gasteiger partial charge is 0.271 e. The third kappa shape index (κ3) is 2.51. The lowest BCUT2D eigenvalue weighted by Crippen LogP contribution is -2.29. The maximum absolute atomic E-state index is 13.7. The number of halogens is 3. The van der Waals surface area contributed by atoms with Crippen molar-refractivity contribution in [2.75, 3.05) is 0 Å². The second-order valence-electron chi connectivity index (χ2n) is 3.79. The molecule has 0 saturated carbocycles. The van der Waals surface area contributed by atoms with E-state index in [-0.39, 0.29) is 5.02 Å². The monoisotopic (exact) mass is 268 g/mol. The first kappa shape index (κ1) is 13.0. The zero-order valence-electron chi connectivity index (χ0n) is 9.33. The minimum Gasteiger partial charge on any atom is -0.271 e. The quantitative estimate of drug-likeness (QED) is 0.663. The van der Waals surface area contributed by atoms with Crippen LogP contribution in [0.1, 0.15) is 17.2 Å². The molecule has 0 aromatic heterocycles. The van der Waals surface area contributed by atoms with Gasteiger partial charge < -0.3 is 0 Å². The van der Waals surface area contributed by atoms with E-state index in [0.717, 1.165) is 0 Å². The van der Waals surface area contributed by atoms with Gasteiger partial charge in [-0.3, -0.25) is 5.84 Å². The summed E-state index contributed by atoms with van der Waals surface area (Å²) in [6, 6.07) is 9.48. The maximum Gasteiger partial charge on any atom is 0.128 e. The van der Waals surface area contributed by atoms with E-state index < -0.39 is 17.7 Å². The van der Waals surface area contributed by atoms with Crippen LogP contribution in [0.2, 0.25) is 5.02 Å². The van der Waals surface area contributed by atoms with Crippen LogP contribution in [0.4, 0.5) is 8.78 Å². The van der Waals surface area contributed by atoms with Crippen molar-refractivity contribution in [3.63, 3.8) is 0 Å².